The molecule has 0 aliphatic rings. The monoisotopic (exact) mass is 379 g/mol. The van der Waals surface area contributed by atoms with Gasteiger partial charge in [-0.25, -0.2) is 4.98 Å². The predicted octanol–water partition coefficient (Wildman–Crippen LogP) is 1.78. The van der Waals surface area contributed by atoms with Crippen molar-refractivity contribution in [3.63, 3.8) is 0 Å². The SMILES string of the molecule is CC(=O)Nc1ccc(C(=O)COC(=O)Cn2cnc3ccccc3c2=O)cc1. The predicted molar refractivity (Wildman–Crippen MR) is 102 cm³/mol. The molecule has 1 amide bonds. The number of para-hydroxylation sites is 1. The van der Waals surface area contributed by atoms with Crippen LogP contribution in [0.5, 0.6) is 0 Å². The van der Waals surface area contributed by atoms with Crippen LogP contribution >= 0.6 is 0 Å². The summed E-state index contributed by atoms with van der Waals surface area (Å²) in [7, 11) is 0. The Morgan fingerprint density at radius 2 is 1.79 bits per heavy atom. The summed E-state index contributed by atoms with van der Waals surface area (Å²) < 4.78 is 6.11. The van der Waals surface area contributed by atoms with Crippen LogP contribution < -0.4 is 10.9 Å². The van der Waals surface area contributed by atoms with Gasteiger partial charge < -0.3 is 10.1 Å². The first kappa shape index (κ1) is 19.0. The maximum Gasteiger partial charge on any atom is 0.326 e. The summed E-state index contributed by atoms with van der Waals surface area (Å²) in [6.07, 6.45) is 1.27. The van der Waals surface area contributed by atoms with E-state index in [1.165, 1.54) is 25.4 Å². The van der Waals surface area contributed by atoms with Gasteiger partial charge in [0.2, 0.25) is 5.91 Å². The van der Waals surface area contributed by atoms with E-state index in [1.54, 1.807) is 36.4 Å². The Labute approximate surface area is 159 Å². The summed E-state index contributed by atoms with van der Waals surface area (Å²) in [5, 5.41) is 2.99. The van der Waals surface area contributed by atoms with Gasteiger partial charge in [0.1, 0.15) is 6.54 Å². The lowest BCUT2D eigenvalue weighted by atomic mass is 10.1. The number of Topliss-reactive ketones (excluding diaryl/α,β-unsaturated/α-hetero) is 1. The minimum absolute atomic E-state index is 0.216. The number of hydrogen-bond donors (Lipinski definition) is 1. The zero-order valence-corrected chi connectivity index (χ0v) is 15.0. The Morgan fingerprint density at radius 3 is 2.50 bits per heavy atom. The van der Waals surface area contributed by atoms with E-state index < -0.39 is 18.4 Å². The number of rotatable bonds is 6. The molecule has 0 fully saturated rings. The van der Waals surface area contributed by atoms with Gasteiger partial charge in [-0.2, -0.15) is 0 Å². The van der Waals surface area contributed by atoms with E-state index >= 15 is 0 Å². The highest BCUT2D eigenvalue weighted by atomic mass is 16.5. The number of esters is 1. The van der Waals surface area contributed by atoms with Gasteiger partial charge >= 0.3 is 5.97 Å². The van der Waals surface area contributed by atoms with Gasteiger partial charge in [0.25, 0.3) is 5.56 Å². The first-order chi connectivity index (χ1) is 13.4. The molecule has 0 spiro atoms. The molecule has 0 aliphatic carbocycles. The molecule has 1 N–H and O–H groups in total. The number of ether oxygens (including phenoxy) is 1. The van der Waals surface area contributed by atoms with E-state index in [1.807, 2.05) is 0 Å². The van der Waals surface area contributed by atoms with Crippen molar-refractivity contribution >= 4 is 34.3 Å². The molecule has 8 nitrogen and oxygen atoms in total. The summed E-state index contributed by atoms with van der Waals surface area (Å²) in [5.74, 6) is -1.33. The standard InChI is InChI=1S/C20H17N3O5/c1-13(24)22-15-8-6-14(7-9-15)18(25)11-28-19(26)10-23-12-21-17-5-3-2-4-16(17)20(23)27/h2-9,12H,10-11H2,1H3,(H,22,24). The molecular weight excluding hydrogens is 362 g/mol. The maximum absolute atomic E-state index is 12.4. The number of fused-ring (bicyclic) bond motifs is 1. The van der Waals surface area contributed by atoms with Crippen molar-refractivity contribution in [1.82, 2.24) is 9.55 Å². The van der Waals surface area contributed by atoms with Crippen molar-refractivity contribution in [3.05, 3.63) is 70.8 Å². The molecule has 2 aromatic carbocycles. The fraction of sp³-hybridized carbons (Fsp3) is 0.150. The number of amides is 1. The van der Waals surface area contributed by atoms with Crippen LogP contribution in [0.1, 0.15) is 17.3 Å². The second-order valence-electron chi connectivity index (χ2n) is 6.04. The highest BCUT2D eigenvalue weighted by molar-refractivity contribution is 5.98. The lowest BCUT2D eigenvalue weighted by Crippen LogP contribution is -2.26. The van der Waals surface area contributed by atoms with Crippen molar-refractivity contribution in [2.45, 2.75) is 13.5 Å². The van der Waals surface area contributed by atoms with Crippen molar-refractivity contribution in [2.24, 2.45) is 0 Å². The largest absolute Gasteiger partial charge is 0.456 e. The number of aromatic nitrogens is 2. The lowest BCUT2D eigenvalue weighted by Gasteiger charge is -2.08. The summed E-state index contributed by atoms with van der Waals surface area (Å²) >= 11 is 0. The Balaban J connectivity index is 1.60. The molecule has 0 unspecified atom stereocenters. The third kappa shape index (κ3) is 4.47. The van der Waals surface area contributed by atoms with Crippen molar-refractivity contribution in [3.8, 4) is 0 Å². The fourth-order valence-corrected chi connectivity index (χ4v) is 2.58. The third-order valence-corrected chi connectivity index (χ3v) is 3.92. The van der Waals surface area contributed by atoms with Gasteiger partial charge in [0.15, 0.2) is 12.4 Å². The van der Waals surface area contributed by atoms with Crippen LogP contribution in [0.15, 0.2) is 59.7 Å². The normalized spacial score (nSPS) is 10.5. The quantitative estimate of drug-likeness (QED) is 0.517. The molecule has 3 aromatic rings. The van der Waals surface area contributed by atoms with Crippen molar-refractivity contribution < 1.29 is 19.1 Å². The molecule has 8 heteroatoms. The Kier molecular flexibility index (Phi) is 5.59. The van der Waals surface area contributed by atoms with E-state index in [0.29, 0.717) is 22.2 Å². The second kappa shape index (κ2) is 8.26. The molecular formula is C20H17N3O5. The first-order valence-electron chi connectivity index (χ1n) is 8.44. The first-order valence-corrected chi connectivity index (χ1v) is 8.44. The number of nitrogens with zero attached hydrogens (tertiary/aromatic N) is 2. The Bertz CT molecular complexity index is 1100. The highest BCUT2D eigenvalue weighted by Gasteiger charge is 2.12. The topological polar surface area (TPSA) is 107 Å². The number of carbonyl (C=O) groups is 3. The van der Waals surface area contributed by atoms with Gasteiger partial charge in [0.05, 0.1) is 17.2 Å². The number of benzene rings is 2. The molecule has 0 atom stereocenters. The molecule has 1 aromatic heterocycles. The van der Waals surface area contributed by atoms with E-state index in [4.69, 9.17) is 4.74 Å². The van der Waals surface area contributed by atoms with Gasteiger partial charge in [0, 0.05) is 18.2 Å². The Hall–Kier alpha value is -3.81. The summed E-state index contributed by atoms with van der Waals surface area (Å²) in [5.41, 5.74) is 1.08. The average molecular weight is 379 g/mol. The van der Waals surface area contributed by atoms with Crippen LogP contribution in [0.25, 0.3) is 10.9 Å². The van der Waals surface area contributed by atoms with E-state index in [9.17, 15) is 19.2 Å². The zero-order valence-electron chi connectivity index (χ0n) is 15.0. The zero-order chi connectivity index (χ0) is 20.1. The van der Waals surface area contributed by atoms with Gasteiger partial charge in [-0.3, -0.25) is 23.7 Å². The van der Waals surface area contributed by atoms with Gasteiger partial charge in [-0.1, -0.05) is 12.1 Å². The molecule has 0 bridgehead atoms. The Morgan fingerprint density at radius 1 is 1.07 bits per heavy atom. The number of hydrogen-bond acceptors (Lipinski definition) is 6. The number of ketones is 1. The summed E-state index contributed by atoms with van der Waals surface area (Å²) in [6.45, 7) is 0.592. The number of carbonyl (C=O) groups excluding carboxylic acids is 3. The average Bonchev–Trinajstić information content (AvgIpc) is 2.68. The third-order valence-electron chi connectivity index (χ3n) is 3.92. The van der Waals surface area contributed by atoms with Crippen LogP contribution in [-0.4, -0.2) is 33.8 Å². The number of anilines is 1. The van der Waals surface area contributed by atoms with Gasteiger partial charge in [-0.05, 0) is 36.4 Å². The minimum Gasteiger partial charge on any atom is -0.456 e. The van der Waals surface area contributed by atoms with Crippen LogP contribution in [0, 0.1) is 0 Å². The van der Waals surface area contributed by atoms with E-state index in [-0.39, 0.29) is 18.0 Å². The van der Waals surface area contributed by atoms with Crippen LogP contribution in [0.4, 0.5) is 5.69 Å². The van der Waals surface area contributed by atoms with Crippen LogP contribution in [0.2, 0.25) is 0 Å². The second-order valence-corrected chi connectivity index (χ2v) is 6.04. The van der Waals surface area contributed by atoms with E-state index in [0.717, 1.165) is 4.57 Å². The molecule has 0 saturated heterocycles. The molecule has 0 saturated carbocycles. The summed E-state index contributed by atoms with van der Waals surface area (Å²) in [6, 6.07) is 13.0. The maximum atomic E-state index is 12.4. The lowest BCUT2D eigenvalue weighted by molar-refractivity contribution is -0.143. The van der Waals surface area contributed by atoms with Crippen molar-refractivity contribution in [1.29, 1.82) is 0 Å². The molecule has 0 radical (unpaired) electrons. The molecule has 28 heavy (non-hydrogen) atoms. The summed E-state index contributed by atoms with van der Waals surface area (Å²) in [4.78, 5) is 51.6. The highest BCUT2D eigenvalue weighted by Crippen LogP contribution is 2.10. The molecule has 1 heterocycles. The fourth-order valence-electron chi connectivity index (χ4n) is 2.58. The van der Waals surface area contributed by atoms with Crippen LogP contribution in [0.3, 0.4) is 0 Å². The van der Waals surface area contributed by atoms with Crippen LogP contribution in [-0.2, 0) is 20.9 Å². The molecule has 0 aliphatic heterocycles. The van der Waals surface area contributed by atoms with Gasteiger partial charge in [-0.15, -0.1) is 0 Å². The van der Waals surface area contributed by atoms with Crippen molar-refractivity contribution in [2.75, 3.05) is 11.9 Å². The molecule has 3 rings (SSSR count). The number of nitrogens with one attached hydrogen (secondary N) is 1. The smallest absolute Gasteiger partial charge is 0.326 e. The minimum atomic E-state index is -0.720. The molecule has 142 valence electrons. The van der Waals surface area contributed by atoms with E-state index in [2.05, 4.69) is 10.3 Å².